The maximum absolute atomic E-state index is 12.3. The molecule has 98 valence electrons. The average Bonchev–Trinajstić information content (AvgIpc) is 2.51. The molecule has 20 heavy (non-hydrogen) atoms. The first-order chi connectivity index (χ1) is 9.84. The molecule has 3 aromatic rings. The molecule has 0 atom stereocenters. The molecular formula is C16H12N2O2. The van der Waals surface area contributed by atoms with Crippen molar-refractivity contribution >= 4 is 0 Å². The van der Waals surface area contributed by atoms with Crippen LogP contribution < -0.4 is 10.3 Å². The number of para-hydroxylation sites is 2. The molecule has 4 heteroatoms. The van der Waals surface area contributed by atoms with Crippen LogP contribution in [0.2, 0.25) is 0 Å². The second-order valence-electron chi connectivity index (χ2n) is 4.16. The van der Waals surface area contributed by atoms with Gasteiger partial charge in [0, 0.05) is 6.07 Å². The Balaban J connectivity index is 2.00. The minimum atomic E-state index is -0.289. The molecule has 2 aromatic carbocycles. The molecule has 3 rings (SSSR count). The van der Waals surface area contributed by atoms with Crippen LogP contribution in [-0.2, 0) is 0 Å². The summed E-state index contributed by atoms with van der Waals surface area (Å²) in [5.74, 6) is 0.866. The first-order valence-corrected chi connectivity index (χ1v) is 6.21. The van der Waals surface area contributed by atoms with Crippen LogP contribution >= 0.6 is 0 Å². The predicted molar refractivity (Wildman–Crippen MR) is 76.4 cm³/mol. The maximum Gasteiger partial charge on any atom is 0.314 e. The van der Waals surface area contributed by atoms with E-state index in [1.807, 2.05) is 48.5 Å². The third-order valence-electron chi connectivity index (χ3n) is 2.78. The molecule has 0 N–H and O–H groups in total. The predicted octanol–water partition coefficient (Wildman–Crippen LogP) is 3.02. The number of rotatable bonds is 3. The molecule has 0 bridgehead atoms. The van der Waals surface area contributed by atoms with Gasteiger partial charge in [-0.15, -0.1) is 0 Å². The lowest BCUT2D eigenvalue weighted by molar-refractivity contribution is 0.468. The zero-order valence-corrected chi connectivity index (χ0v) is 10.6. The van der Waals surface area contributed by atoms with E-state index in [0.717, 1.165) is 0 Å². The van der Waals surface area contributed by atoms with Gasteiger partial charge in [0.25, 0.3) is 0 Å². The quantitative estimate of drug-likeness (QED) is 0.730. The summed E-state index contributed by atoms with van der Waals surface area (Å²) in [7, 11) is 0. The average molecular weight is 264 g/mol. The van der Waals surface area contributed by atoms with Crippen LogP contribution in [0.5, 0.6) is 11.5 Å². The van der Waals surface area contributed by atoms with Crippen LogP contribution in [-0.4, -0.2) is 9.78 Å². The van der Waals surface area contributed by atoms with Crippen molar-refractivity contribution in [1.29, 1.82) is 0 Å². The van der Waals surface area contributed by atoms with Crippen molar-refractivity contribution < 1.29 is 4.74 Å². The van der Waals surface area contributed by atoms with Crippen molar-refractivity contribution in [2.75, 3.05) is 0 Å². The van der Waals surface area contributed by atoms with Gasteiger partial charge >= 0.3 is 5.56 Å². The molecule has 0 unspecified atom stereocenters. The Morgan fingerprint density at radius 2 is 1.50 bits per heavy atom. The van der Waals surface area contributed by atoms with Crippen LogP contribution in [0, 0.1) is 0 Å². The lowest BCUT2D eigenvalue weighted by Gasteiger charge is -2.07. The highest BCUT2D eigenvalue weighted by molar-refractivity contribution is 5.33. The van der Waals surface area contributed by atoms with Gasteiger partial charge in [0.05, 0.1) is 11.9 Å². The fourth-order valence-electron chi connectivity index (χ4n) is 1.84. The Labute approximate surface area is 115 Å². The Morgan fingerprint density at radius 3 is 2.20 bits per heavy atom. The van der Waals surface area contributed by atoms with Gasteiger partial charge < -0.3 is 4.74 Å². The summed E-state index contributed by atoms with van der Waals surface area (Å²) in [6, 6.07) is 20.0. The number of aromatic nitrogens is 2. The zero-order valence-electron chi connectivity index (χ0n) is 10.6. The van der Waals surface area contributed by atoms with E-state index in [1.165, 1.54) is 4.68 Å². The fourth-order valence-corrected chi connectivity index (χ4v) is 1.84. The second-order valence-corrected chi connectivity index (χ2v) is 4.16. The van der Waals surface area contributed by atoms with E-state index in [1.54, 1.807) is 24.4 Å². The van der Waals surface area contributed by atoms with E-state index in [-0.39, 0.29) is 11.3 Å². The topological polar surface area (TPSA) is 44.1 Å². The molecule has 4 nitrogen and oxygen atoms in total. The SMILES string of the molecule is O=c1c(Oc2ccccc2)ccnn1-c1ccccc1. The third kappa shape index (κ3) is 2.44. The highest BCUT2D eigenvalue weighted by Crippen LogP contribution is 2.16. The molecule has 0 fully saturated rings. The number of hydrogen-bond acceptors (Lipinski definition) is 3. The van der Waals surface area contributed by atoms with Crippen LogP contribution in [0.25, 0.3) is 5.69 Å². The van der Waals surface area contributed by atoms with E-state index in [0.29, 0.717) is 11.4 Å². The van der Waals surface area contributed by atoms with E-state index in [9.17, 15) is 4.79 Å². The molecule has 0 saturated heterocycles. The summed E-state index contributed by atoms with van der Waals surface area (Å²) < 4.78 is 6.92. The Morgan fingerprint density at radius 1 is 0.850 bits per heavy atom. The summed E-state index contributed by atoms with van der Waals surface area (Å²) in [6.07, 6.45) is 1.55. The van der Waals surface area contributed by atoms with Crippen LogP contribution in [0.4, 0.5) is 0 Å². The van der Waals surface area contributed by atoms with Gasteiger partial charge in [0.15, 0.2) is 5.75 Å². The van der Waals surface area contributed by atoms with E-state index in [2.05, 4.69) is 5.10 Å². The molecule has 0 aliphatic rings. The van der Waals surface area contributed by atoms with Crippen molar-refractivity contribution in [2.24, 2.45) is 0 Å². The van der Waals surface area contributed by atoms with E-state index >= 15 is 0 Å². The molecular weight excluding hydrogens is 252 g/mol. The lowest BCUT2D eigenvalue weighted by atomic mass is 10.3. The maximum atomic E-state index is 12.3. The minimum Gasteiger partial charge on any atom is -0.451 e. The first-order valence-electron chi connectivity index (χ1n) is 6.21. The van der Waals surface area contributed by atoms with Crippen molar-refractivity contribution in [3.8, 4) is 17.2 Å². The molecule has 0 saturated carbocycles. The molecule has 1 aromatic heterocycles. The zero-order chi connectivity index (χ0) is 13.8. The molecule has 1 heterocycles. The third-order valence-corrected chi connectivity index (χ3v) is 2.78. The largest absolute Gasteiger partial charge is 0.451 e. The molecule has 0 amide bonds. The van der Waals surface area contributed by atoms with E-state index < -0.39 is 0 Å². The number of ether oxygens (including phenoxy) is 1. The summed E-state index contributed by atoms with van der Waals surface area (Å²) in [4.78, 5) is 12.3. The fraction of sp³-hybridized carbons (Fsp3) is 0. The number of benzene rings is 2. The van der Waals surface area contributed by atoms with Gasteiger partial charge in [-0.2, -0.15) is 9.78 Å². The summed E-state index contributed by atoms with van der Waals surface area (Å²) >= 11 is 0. The molecule has 0 radical (unpaired) electrons. The van der Waals surface area contributed by atoms with Gasteiger partial charge in [-0.05, 0) is 24.3 Å². The second kappa shape index (κ2) is 5.40. The minimum absolute atomic E-state index is 0.245. The Hall–Kier alpha value is -2.88. The standard InChI is InChI=1S/C16H12N2O2/c19-16-15(20-14-9-5-2-6-10-14)11-12-17-18(16)13-7-3-1-4-8-13/h1-12H. The lowest BCUT2D eigenvalue weighted by Crippen LogP contribution is -2.21. The normalized spacial score (nSPS) is 10.2. The van der Waals surface area contributed by atoms with Gasteiger partial charge in [-0.3, -0.25) is 4.79 Å². The van der Waals surface area contributed by atoms with Crippen LogP contribution in [0.3, 0.4) is 0 Å². The van der Waals surface area contributed by atoms with Gasteiger partial charge in [-0.25, -0.2) is 0 Å². The molecule has 0 aliphatic heterocycles. The Bertz CT molecular complexity index is 752. The van der Waals surface area contributed by atoms with Gasteiger partial charge in [0.2, 0.25) is 0 Å². The molecule has 0 aliphatic carbocycles. The Kier molecular flexibility index (Phi) is 3.29. The van der Waals surface area contributed by atoms with Crippen molar-refractivity contribution in [3.63, 3.8) is 0 Å². The highest BCUT2D eigenvalue weighted by atomic mass is 16.5. The monoisotopic (exact) mass is 264 g/mol. The molecule has 0 spiro atoms. The summed E-state index contributed by atoms with van der Waals surface area (Å²) in [5.41, 5.74) is 0.415. The first kappa shape index (κ1) is 12.2. The van der Waals surface area contributed by atoms with Crippen LogP contribution in [0.1, 0.15) is 0 Å². The summed E-state index contributed by atoms with van der Waals surface area (Å²) in [6.45, 7) is 0. The number of nitrogens with zero attached hydrogens (tertiary/aromatic N) is 2. The smallest absolute Gasteiger partial charge is 0.314 e. The highest BCUT2D eigenvalue weighted by Gasteiger charge is 2.07. The van der Waals surface area contributed by atoms with Crippen molar-refractivity contribution in [2.45, 2.75) is 0 Å². The van der Waals surface area contributed by atoms with Gasteiger partial charge in [0.1, 0.15) is 5.75 Å². The summed E-state index contributed by atoms with van der Waals surface area (Å²) in [5, 5.41) is 4.07. The van der Waals surface area contributed by atoms with Crippen LogP contribution in [0.15, 0.2) is 77.7 Å². The van der Waals surface area contributed by atoms with Gasteiger partial charge in [-0.1, -0.05) is 36.4 Å². The van der Waals surface area contributed by atoms with Crippen molar-refractivity contribution in [3.05, 3.63) is 83.3 Å². The van der Waals surface area contributed by atoms with Crippen molar-refractivity contribution in [1.82, 2.24) is 9.78 Å². The number of hydrogen-bond donors (Lipinski definition) is 0. The van der Waals surface area contributed by atoms with E-state index in [4.69, 9.17) is 4.74 Å².